The number of hydrogen-bond donors (Lipinski definition) is 2. The number of morpholine rings is 1. The van der Waals surface area contributed by atoms with Crippen molar-refractivity contribution in [3.63, 3.8) is 0 Å². The van der Waals surface area contributed by atoms with Crippen molar-refractivity contribution in [2.45, 2.75) is 12.8 Å². The maximum atomic E-state index is 5.92. The Morgan fingerprint density at radius 1 is 1.24 bits per heavy atom. The van der Waals surface area contributed by atoms with E-state index in [1.807, 2.05) is 14.1 Å². The van der Waals surface area contributed by atoms with Crippen molar-refractivity contribution >= 4 is 35.6 Å². The molecule has 6 nitrogen and oxygen atoms in total. The van der Waals surface area contributed by atoms with Crippen LogP contribution >= 0.6 is 24.0 Å². The first-order valence-corrected chi connectivity index (χ1v) is 8.75. The monoisotopic (exact) mass is 461 g/mol. The van der Waals surface area contributed by atoms with Crippen molar-refractivity contribution in [3.05, 3.63) is 29.8 Å². The van der Waals surface area contributed by atoms with Gasteiger partial charge in [0.05, 0.1) is 13.2 Å². The quantitative estimate of drug-likeness (QED) is 0.266. The van der Waals surface area contributed by atoms with Gasteiger partial charge in [0.15, 0.2) is 5.96 Å². The van der Waals surface area contributed by atoms with Crippen LogP contribution in [-0.4, -0.2) is 70.9 Å². The van der Waals surface area contributed by atoms with E-state index in [2.05, 4.69) is 44.4 Å². The second kappa shape index (κ2) is 12.3. The Hall–Kier alpha value is -1.06. The molecule has 0 radical (unpaired) electrons. The molecule has 0 amide bonds. The summed E-state index contributed by atoms with van der Waals surface area (Å²) in [5.41, 5.74) is 8.43. The fourth-order valence-electron chi connectivity index (χ4n) is 2.67. The minimum Gasteiger partial charge on any atom is -0.379 e. The third-order valence-electron chi connectivity index (χ3n) is 4.19. The molecule has 0 unspecified atom stereocenters. The van der Waals surface area contributed by atoms with E-state index < -0.39 is 0 Å². The minimum absolute atomic E-state index is 0. The molecule has 0 aromatic heterocycles. The van der Waals surface area contributed by atoms with E-state index in [4.69, 9.17) is 10.5 Å². The van der Waals surface area contributed by atoms with Crippen LogP contribution in [0.1, 0.15) is 12.0 Å². The fraction of sp³-hybridized carbons (Fsp3) is 0.611. The third-order valence-corrected chi connectivity index (χ3v) is 4.19. The van der Waals surface area contributed by atoms with Crippen LogP contribution in [-0.2, 0) is 11.2 Å². The summed E-state index contributed by atoms with van der Waals surface area (Å²) >= 11 is 0. The number of benzene rings is 1. The SMILES string of the molecule is CN(C)c1ccc(CCNC(N)=NCCCN2CCOCC2)cc1.I. The topological polar surface area (TPSA) is 66.1 Å². The summed E-state index contributed by atoms with van der Waals surface area (Å²) in [6.45, 7) is 6.41. The lowest BCUT2D eigenvalue weighted by Crippen LogP contribution is -2.37. The van der Waals surface area contributed by atoms with Gasteiger partial charge in [-0.1, -0.05) is 12.1 Å². The molecule has 1 aromatic carbocycles. The molecule has 0 spiro atoms. The minimum atomic E-state index is 0. The van der Waals surface area contributed by atoms with Crippen LogP contribution in [0.25, 0.3) is 0 Å². The molecule has 142 valence electrons. The molecule has 1 saturated heterocycles. The zero-order chi connectivity index (χ0) is 17.2. The van der Waals surface area contributed by atoms with Crippen LogP contribution < -0.4 is 16.0 Å². The molecular weight excluding hydrogens is 429 g/mol. The zero-order valence-corrected chi connectivity index (χ0v) is 17.7. The number of guanidine groups is 1. The Balaban J connectivity index is 0.00000312. The summed E-state index contributed by atoms with van der Waals surface area (Å²) in [5, 5.41) is 3.19. The molecule has 1 aliphatic heterocycles. The third kappa shape index (κ3) is 8.73. The molecule has 0 bridgehead atoms. The first kappa shape index (κ1) is 22.0. The maximum Gasteiger partial charge on any atom is 0.188 e. The van der Waals surface area contributed by atoms with Gasteiger partial charge in [0.1, 0.15) is 0 Å². The highest BCUT2D eigenvalue weighted by atomic mass is 127. The highest BCUT2D eigenvalue weighted by Gasteiger charge is 2.08. The summed E-state index contributed by atoms with van der Waals surface area (Å²) in [7, 11) is 4.10. The van der Waals surface area contributed by atoms with Gasteiger partial charge in [-0.05, 0) is 30.5 Å². The number of hydrogen-bond acceptors (Lipinski definition) is 4. The number of ether oxygens (including phenoxy) is 1. The van der Waals surface area contributed by atoms with Gasteiger partial charge >= 0.3 is 0 Å². The maximum absolute atomic E-state index is 5.92. The highest BCUT2D eigenvalue weighted by molar-refractivity contribution is 14.0. The van der Waals surface area contributed by atoms with Gasteiger partial charge in [-0.2, -0.15) is 0 Å². The number of rotatable bonds is 8. The van der Waals surface area contributed by atoms with Crippen molar-refractivity contribution in [3.8, 4) is 0 Å². The van der Waals surface area contributed by atoms with Crippen LogP contribution in [0, 0.1) is 0 Å². The molecule has 1 fully saturated rings. The first-order valence-electron chi connectivity index (χ1n) is 8.75. The summed E-state index contributed by atoms with van der Waals surface area (Å²) < 4.78 is 5.34. The van der Waals surface area contributed by atoms with Crippen molar-refractivity contribution < 1.29 is 4.74 Å². The predicted octanol–water partition coefficient (Wildman–Crippen LogP) is 1.54. The number of anilines is 1. The summed E-state index contributed by atoms with van der Waals surface area (Å²) in [5.74, 6) is 0.543. The van der Waals surface area contributed by atoms with Crippen molar-refractivity contribution in [2.24, 2.45) is 10.7 Å². The Morgan fingerprint density at radius 2 is 1.92 bits per heavy atom. The molecule has 0 saturated carbocycles. The standard InChI is InChI=1S/C18H31N5O.HI/c1-22(2)17-6-4-16(5-7-17)8-10-21-18(19)20-9-3-11-23-12-14-24-15-13-23;/h4-7H,3,8-15H2,1-2H3,(H3,19,20,21);1H. The van der Waals surface area contributed by atoms with Gasteiger partial charge in [-0.25, -0.2) is 0 Å². The highest BCUT2D eigenvalue weighted by Crippen LogP contribution is 2.12. The van der Waals surface area contributed by atoms with E-state index in [1.54, 1.807) is 0 Å². The molecule has 25 heavy (non-hydrogen) atoms. The molecule has 1 aromatic rings. The lowest BCUT2D eigenvalue weighted by Gasteiger charge is -2.26. The van der Waals surface area contributed by atoms with Gasteiger partial charge in [0.25, 0.3) is 0 Å². The zero-order valence-electron chi connectivity index (χ0n) is 15.4. The second-order valence-electron chi connectivity index (χ2n) is 6.31. The number of nitrogens with one attached hydrogen (secondary N) is 1. The molecule has 0 aliphatic carbocycles. The fourth-order valence-corrected chi connectivity index (χ4v) is 2.67. The molecule has 2 rings (SSSR count). The molecule has 1 heterocycles. The van der Waals surface area contributed by atoms with Crippen LogP contribution in [0.3, 0.4) is 0 Å². The molecular formula is C18H32IN5O. The van der Waals surface area contributed by atoms with Crippen molar-refractivity contribution in [1.29, 1.82) is 0 Å². The first-order chi connectivity index (χ1) is 11.6. The Kier molecular flexibility index (Phi) is 10.8. The number of halogens is 1. The van der Waals surface area contributed by atoms with E-state index in [0.717, 1.165) is 58.8 Å². The average molecular weight is 461 g/mol. The van der Waals surface area contributed by atoms with E-state index in [0.29, 0.717) is 5.96 Å². The summed E-state index contributed by atoms with van der Waals surface area (Å²) in [6, 6.07) is 8.59. The number of aliphatic imine (C=N–C) groups is 1. The van der Waals surface area contributed by atoms with Crippen LogP contribution in [0.2, 0.25) is 0 Å². The second-order valence-corrected chi connectivity index (χ2v) is 6.31. The van der Waals surface area contributed by atoms with Crippen LogP contribution in [0.4, 0.5) is 5.69 Å². The normalized spacial score (nSPS) is 15.5. The van der Waals surface area contributed by atoms with E-state index in [9.17, 15) is 0 Å². The number of nitrogens with two attached hydrogens (primary N) is 1. The van der Waals surface area contributed by atoms with E-state index >= 15 is 0 Å². The summed E-state index contributed by atoms with van der Waals surface area (Å²) in [6.07, 6.45) is 1.98. The molecule has 7 heteroatoms. The van der Waals surface area contributed by atoms with Gasteiger partial charge in [0.2, 0.25) is 0 Å². The predicted molar refractivity (Wildman–Crippen MR) is 116 cm³/mol. The lowest BCUT2D eigenvalue weighted by molar-refractivity contribution is 0.0377. The smallest absolute Gasteiger partial charge is 0.188 e. The Bertz CT molecular complexity index is 501. The van der Waals surface area contributed by atoms with Gasteiger partial charge in [-0.15, -0.1) is 24.0 Å². The number of nitrogens with zero attached hydrogens (tertiary/aromatic N) is 3. The largest absolute Gasteiger partial charge is 0.379 e. The molecule has 3 N–H and O–H groups in total. The molecule has 0 atom stereocenters. The van der Waals surface area contributed by atoms with Gasteiger partial charge in [-0.3, -0.25) is 9.89 Å². The molecule has 1 aliphatic rings. The summed E-state index contributed by atoms with van der Waals surface area (Å²) in [4.78, 5) is 8.91. The van der Waals surface area contributed by atoms with Gasteiger partial charge < -0.3 is 20.7 Å². The lowest BCUT2D eigenvalue weighted by atomic mass is 10.1. The van der Waals surface area contributed by atoms with Gasteiger partial charge in [0, 0.05) is 52.5 Å². The Labute approximate surface area is 168 Å². The van der Waals surface area contributed by atoms with E-state index in [-0.39, 0.29) is 24.0 Å². The van der Waals surface area contributed by atoms with Crippen LogP contribution in [0.5, 0.6) is 0 Å². The van der Waals surface area contributed by atoms with Crippen molar-refractivity contribution in [2.75, 3.05) is 64.9 Å². The van der Waals surface area contributed by atoms with E-state index in [1.165, 1.54) is 11.3 Å². The Morgan fingerprint density at radius 3 is 2.56 bits per heavy atom. The average Bonchev–Trinajstić information content (AvgIpc) is 2.60. The van der Waals surface area contributed by atoms with Crippen LogP contribution in [0.15, 0.2) is 29.3 Å². The van der Waals surface area contributed by atoms with Crippen molar-refractivity contribution in [1.82, 2.24) is 10.2 Å².